The van der Waals surface area contributed by atoms with Crippen molar-refractivity contribution in [2.75, 3.05) is 6.61 Å². The highest BCUT2D eigenvalue weighted by atomic mass is 16.6. The highest BCUT2D eigenvalue weighted by Gasteiger charge is 2.35. The van der Waals surface area contributed by atoms with Crippen LogP contribution >= 0.6 is 0 Å². The summed E-state index contributed by atoms with van der Waals surface area (Å²) in [6.45, 7) is 12.5. The van der Waals surface area contributed by atoms with E-state index in [1.54, 1.807) is 11.8 Å². The predicted molar refractivity (Wildman–Crippen MR) is 88.8 cm³/mol. The highest BCUT2D eigenvalue weighted by molar-refractivity contribution is 5.89. The van der Waals surface area contributed by atoms with Crippen LogP contribution in [-0.4, -0.2) is 45.0 Å². The maximum atomic E-state index is 12.5. The van der Waals surface area contributed by atoms with Crippen LogP contribution < -0.4 is 0 Å². The van der Waals surface area contributed by atoms with E-state index in [0.29, 0.717) is 31.8 Å². The summed E-state index contributed by atoms with van der Waals surface area (Å²) in [7, 11) is 0. The van der Waals surface area contributed by atoms with Crippen LogP contribution in [0.15, 0.2) is 0 Å². The Bertz CT molecular complexity index is 631. The van der Waals surface area contributed by atoms with E-state index in [9.17, 15) is 9.59 Å². The molecule has 1 aliphatic rings. The van der Waals surface area contributed by atoms with Crippen LogP contribution in [0.4, 0.5) is 4.79 Å². The molecule has 1 aromatic heterocycles. The number of hydrogen-bond acceptors (Lipinski definition) is 5. The molecule has 7 nitrogen and oxygen atoms in total. The number of fused-ring (bicyclic) bond motifs is 1. The van der Waals surface area contributed by atoms with Crippen LogP contribution in [0.25, 0.3) is 0 Å². The maximum absolute atomic E-state index is 12.5. The smallest absolute Gasteiger partial charge is 0.410 e. The monoisotopic (exact) mass is 337 g/mol. The van der Waals surface area contributed by atoms with Gasteiger partial charge in [-0.15, -0.1) is 0 Å². The molecule has 1 atom stereocenters. The summed E-state index contributed by atoms with van der Waals surface area (Å²) in [5.74, 6) is -0.445. The van der Waals surface area contributed by atoms with Crippen LogP contribution in [0.5, 0.6) is 0 Å². The SMILES string of the molecule is CCOC(=O)c1nn(CC)c2c1CN(C(=O)OC(C)(C)C)[C@H](C)C2. The number of carbonyl (C=O) groups excluding carboxylic acids is 2. The summed E-state index contributed by atoms with van der Waals surface area (Å²) >= 11 is 0. The van der Waals surface area contributed by atoms with Gasteiger partial charge in [-0.05, 0) is 41.5 Å². The number of amides is 1. The van der Waals surface area contributed by atoms with Crippen molar-refractivity contribution in [1.29, 1.82) is 0 Å². The maximum Gasteiger partial charge on any atom is 0.410 e. The van der Waals surface area contributed by atoms with Gasteiger partial charge >= 0.3 is 12.1 Å². The van der Waals surface area contributed by atoms with Gasteiger partial charge in [0.1, 0.15) is 5.60 Å². The van der Waals surface area contributed by atoms with Gasteiger partial charge in [0.05, 0.1) is 13.2 Å². The summed E-state index contributed by atoms with van der Waals surface area (Å²) in [5.41, 5.74) is 1.50. The van der Waals surface area contributed by atoms with E-state index in [0.717, 1.165) is 11.3 Å². The van der Waals surface area contributed by atoms with Gasteiger partial charge in [-0.25, -0.2) is 9.59 Å². The Labute approximate surface area is 142 Å². The molecule has 0 aliphatic carbocycles. The molecule has 0 saturated carbocycles. The molecular formula is C17H27N3O4. The number of carbonyl (C=O) groups is 2. The molecule has 0 spiro atoms. The zero-order valence-electron chi connectivity index (χ0n) is 15.4. The fourth-order valence-corrected chi connectivity index (χ4v) is 2.83. The van der Waals surface area contributed by atoms with E-state index in [1.165, 1.54) is 0 Å². The Morgan fingerprint density at radius 2 is 1.96 bits per heavy atom. The van der Waals surface area contributed by atoms with Gasteiger partial charge in [0.15, 0.2) is 5.69 Å². The third-order valence-corrected chi connectivity index (χ3v) is 3.91. The van der Waals surface area contributed by atoms with Gasteiger partial charge in [0.25, 0.3) is 0 Å². The lowest BCUT2D eigenvalue weighted by molar-refractivity contribution is 0.0133. The van der Waals surface area contributed by atoms with Crippen molar-refractivity contribution < 1.29 is 19.1 Å². The minimum Gasteiger partial charge on any atom is -0.461 e. The first-order chi connectivity index (χ1) is 11.2. The minimum atomic E-state index is -0.561. The van der Waals surface area contributed by atoms with Gasteiger partial charge < -0.3 is 14.4 Å². The summed E-state index contributed by atoms with van der Waals surface area (Å²) in [6.07, 6.45) is 0.258. The predicted octanol–water partition coefficient (Wildman–Crippen LogP) is 2.76. The first-order valence-electron chi connectivity index (χ1n) is 8.43. The van der Waals surface area contributed by atoms with Gasteiger partial charge in [-0.1, -0.05) is 0 Å². The van der Waals surface area contributed by atoms with Crippen molar-refractivity contribution in [3.8, 4) is 0 Å². The third-order valence-electron chi connectivity index (χ3n) is 3.91. The van der Waals surface area contributed by atoms with E-state index in [1.807, 2.05) is 39.3 Å². The molecule has 0 fully saturated rings. The Hall–Kier alpha value is -2.05. The number of aromatic nitrogens is 2. The normalized spacial score (nSPS) is 17.4. The molecule has 0 bridgehead atoms. The molecule has 134 valence electrons. The number of hydrogen-bond donors (Lipinski definition) is 0. The summed E-state index contributed by atoms with van der Waals surface area (Å²) < 4.78 is 12.4. The number of nitrogens with zero attached hydrogens (tertiary/aromatic N) is 3. The third kappa shape index (κ3) is 3.71. The molecule has 7 heteroatoms. The van der Waals surface area contributed by atoms with E-state index in [-0.39, 0.29) is 12.1 Å². The lowest BCUT2D eigenvalue weighted by atomic mass is 9.99. The molecule has 2 heterocycles. The largest absolute Gasteiger partial charge is 0.461 e. The van der Waals surface area contributed by atoms with Crippen molar-refractivity contribution in [3.05, 3.63) is 17.0 Å². The van der Waals surface area contributed by atoms with Gasteiger partial charge in [-0.2, -0.15) is 5.10 Å². The second kappa shape index (κ2) is 6.83. The molecule has 1 aromatic rings. The number of ether oxygens (including phenoxy) is 2. The molecule has 0 saturated heterocycles. The van der Waals surface area contributed by atoms with Crippen molar-refractivity contribution in [3.63, 3.8) is 0 Å². The number of rotatable bonds is 3. The molecule has 2 rings (SSSR count). The first kappa shape index (κ1) is 18.3. The lowest BCUT2D eigenvalue weighted by Crippen LogP contribution is -2.45. The van der Waals surface area contributed by atoms with E-state index in [2.05, 4.69) is 5.10 Å². The summed E-state index contributed by atoms with van der Waals surface area (Å²) in [5, 5.41) is 4.39. The zero-order valence-corrected chi connectivity index (χ0v) is 15.4. The molecular weight excluding hydrogens is 310 g/mol. The Balaban J connectivity index is 2.34. The minimum absolute atomic E-state index is 0.0237. The molecule has 1 aliphatic heterocycles. The van der Waals surface area contributed by atoms with E-state index in [4.69, 9.17) is 9.47 Å². The van der Waals surface area contributed by atoms with Crippen molar-refractivity contribution >= 4 is 12.1 Å². The molecule has 0 unspecified atom stereocenters. The second-order valence-electron chi connectivity index (χ2n) is 6.97. The standard InChI is InChI=1S/C17H27N3O4/c1-7-20-13-9-11(3)19(16(22)24-17(4,5)6)10-12(13)14(18-20)15(21)23-8-2/h11H,7-10H2,1-6H3/t11-/m1/s1. The van der Waals surface area contributed by atoms with Crippen LogP contribution in [0.1, 0.15) is 63.3 Å². The lowest BCUT2D eigenvalue weighted by Gasteiger charge is -2.35. The van der Waals surface area contributed by atoms with Gasteiger partial charge in [0.2, 0.25) is 0 Å². The molecule has 24 heavy (non-hydrogen) atoms. The van der Waals surface area contributed by atoms with Crippen LogP contribution in [-0.2, 0) is 29.0 Å². The summed E-state index contributed by atoms with van der Waals surface area (Å²) in [6, 6.07) is -0.0237. The van der Waals surface area contributed by atoms with Crippen LogP contribution in [0, 0.1) is 0 Å². The van der Waals surface area contributed by atoms with Gasteiger partial charge in [0, 0.05) is 30.3 Å². The van der Waals surface area contributed by atoms with Crippen LogP contribution in [0.2, 0.25) is 0 Å². The van der Waals surface area contributed by atoms with Crippen molar-refractivity contribution in [2.24, 2.45) is 0 Å². The van der Waals surface area contributed by atoms with Crippen LogP contribution in [0.3, 0.4) is 0 Å². The highest BCUT2D eigenvalue weighted by Crippen LogP contribution is 2.28. The Morgan fingerprint density at radius 1 is 1.29 bits per heavy atom. The Morgan fingerprint density at radius 3 is 2.50 bits per heavy atom. The molecule has 1 amide bonds. The average Bonchev–Trinajstić information content (AvgIpc) is 2.82. The fourth-order valence-electron chi connectivity index (χ4n) is 2.83. The molecule has 0 aromatic carbocycles. The second-order valence-corrected chi connectivity index (χ2v) is 6.97. The molecule has 0 radical (unpaired) electrons. The van der Waals surface area contributed by atoms with Gasteiger partial charge in [-0.3, -0.25) is 4.68 Å². The van der Waals surface area contributed by atoms with Crippen molar-refractivity contribution in [2.45, 2.75) is 72.7 Å². The Kier molecular flexibility index (Phi) is 5.20. The number of esters is 1. The van der Waals surface area contributed by atoms with E-state index >= 15 is 0 Å². The zero-order chi connectivity index (χ0) is 18.1. The van der Waals surface area contributed by atoms with E-state index < -0.39 is 11.6 Å². The summed E-state index contributed by atoms with van der Waals surface area (Å²) in [4.78, 5) is 26.3. The number of aryl methyl sites for hydroxylation is 1. The quantitative estimate of drug-likeness (QED) is 0.793. The molecule has 0 N–H and O–H groups in total. The topological polar surface area (TPSA) is 73.7 Å². The average molecular weight is 337 g/mol. The fraction of sp³-hybridized carbons (Fsp3) is 0.706. The first-order valence-corrected chi connectivity index (χ1v) is 8.43. The van der Waals surface area contributed by atoms with Crippen molar-refractivity contribution in [1.82, 2.24) is 14.7 Å².